The van der Waals surface area contributed by atoms with E-state index in [0.29, 0.717) is 32.6 Å². The van der Waals surface area contributed by atoms with E-state index in [1.54, 1.807) is 58.8 Å². The quantitative estimate of drug-likeness (QED) is 0.0408. The zero-order chi connectivity index (χ0) is 51.4. The molecule has 9 aromatic rings. The van der Waals surface area contributed by atoms with Gasteiger partial charge in [0.1, 0.15) is 0 Å². The number of Topliss-reactive ketones (excluding diaryl/α,β-unsaturated/α-hetero) is 2. The molecule has 0 bridgehead atoms. The number of hydrogen-bond donors (Lipinski definition) is 4. The first-order valence-electron chi connectivity index (χ1n) is 22.4. The summed E-state index contributed by atoms with van der Waals surface area (Å²) in [4.78, 5) is 36.3. The molecule has 0 aliphatic heterocycles. The van der Waals surface area contributed by atoms with Gasteiger partial charge >= 0.3 is 24.8 Å². The van der Waals surface area contributed by atoms with Crippen LogP contribution in [-0.2, 0) is 0 Å². The third-order valence-electron chi connectivity index (χ3n) is 11.7. The number of carbonyl (C=O) groups excluding carboxylic acids is 2. The van der Waals surface area contributed by atoms with Crippen LogP contribution in [0.15, 0.2) is 146 Å². The predicted molar refractivity (Wildman–Crippen MR) is 277 cm³/mol. The molecule has 0 amide bonds. The van der Waals surface area contributed by atoms with Gasteiger partial charge in [-0.15, -0.1) is 0 Å². The number of ketones is 2. The second kappa shape index (κ2) is 27.6. The van der Waals surface area contributed by atoms with Crippen molar-refractivity contribution >= 4 is 72.8 Å². The Morgan fingerprint density at radius 1 is 0.548 bits per heavy atom. The molecule has 376 valence electrons. The molecule has 3 aromatic heterocycles. The van der Waals surface area contributed by atoms with Gasteiger partial charge in [0.05, 0.1) is 16.6 Å². The number of rotatable bonds is 7. The van der Waals surface area contributed by atoms with Gasteiger partial charge in [-0.05, 0) is 179 Å². The summed E-state index contributed by atoms with van der Waals surface area (Å²) in [7, 11) is 4.11. The number of nitrogens with one attached hydrogen (secondary N) is 3. The van der Waals surface area contributed by atoms with Crippen LogP contribution < -0.4 is 29.5 Å². The fourth-order valence-electron chi connectivity index (χ4n) is 7.92. The third kappa shape index (κ3) is 15.5. The van der Waals surface area contributed by atoms with E-state index in [0.717, 1.165) is 74.7 Å². The predicted octanol–water partition coefficient (Wildman–Crippen LogP) is 10.2. The summed E-state index contributed by atoms with van der Waals surface area (Å²) in [5.74, 6) is -6.07. The molecule has 3 heterocycles. The largest absolute Gasteiger partial charge is 1.00 e. The first kappa shape index (κ1) is 59.1. The van der Waals surface area contributed by atoms with Crippen LogP contribution in [0.4, 0.5) is 26.3 Å². The van der Waals surface area contributed by atoms with Crippen LogP contribution in [0.5, 0.6) is 0 Å². The maximum atomic E-state index is 13.3. The van der Waals surface area contributed by atoms with E-state index < -0.39 is 40.9 Å². The second-order valence-electron chi connectivity index (χ2n) is 16.4. The number of aromatic carboxylic acids is 1. The molecular formula is C55H51F6ILiN5O5. The van der Waals surface area contributed by atoms with E-state index in [-0.39, 0.29) is 41.5 Å². The van der Waals surface area contributed by atoms with Crippen molar-refractivity contribution in [2.45, 2.75) is 51.6 Å². The van der Waals surface area contributed by atoms with Gasteiger partial charge in [0.2, 0.25) is 0 Å². The molecule has 1 saturated carbocycles. The number of carboxylic acids is 1. The Hall–Kier alpha value is -6.46. The number of carboxylic acid groups (broad SMARTS) is 1. The van der Waals surface area contributed by atoms with Gasteiger partial charge in [0.15, 0.2) is 46.5 Å². The van der Waals surface area contributed by atoms with Gasteiger partial charge in [-0.25, -0.2) is 31.1 Å². The van der Waals surface area contributed by atoms with Crippen molar-refractivity contribution < 1.29 is 70.2 Å². The van der Waals surface area contributed by atoms with Gasteiger partial charge < -0.3 is 35.3 Å². The van der Waals surface area contributed by atoms with Gasteiger partial charge in [-0.2, -0.15) is 0 Å². The molecule has 1 fully saturated rings. The Bertz CT molecular complexity index is 3170. The number of aromatic nitrogens is 3. The Labute approximate surface area is 443 Å². The zero-order valence-corrected chi connectivity index (χ0v) is 42.7. The zero-order valence-electron chi connectivity index (χ0n) is 40.5. The number of H-pyrrole nitrogens is 1. The smallest absolute Gasteiger partial charge is 0.870 e. The number of nitrogens with zero attached hydrogens (tertiary/aromatic N) is 2. The van der Waals surface area contributed by atoms with Crippen molar-refractivity contribution in [1.29, 1.82) is 0 Å². The molecular weight excluding hydrogens is 1060 g/mol. The summed E-state index contributed by atoms with van der Waals surface area (Å²) in [6.45, 7) is 3.08. The fraction of sp³-hybridized carbons (Fsp3) is 0.182. The minimum absolute atomic E-state index is 0. The number of aromatic amines is 1. The summed E-state index contributed by atoms with van der Waals surface area (Å²) in [5, 5.41) is 18.3. The molecule has 0 spiro atoms. The molecule has 6 aromatic carbocycles. The average molecular weight is 1110 g/mol. The van der Waals surface area contributed by atoms with Crippen LogP contribution in [-0.4, -0.2) is 68.4 Å². The molecule has 1 aliphatic rings. The van der Waals surface area contributed by atoms with Crippen LogP contribution in [0.1, 0.15) is 70.6 Å². The summed E-state index contributed by atoms with van der Waals surface area (Å²) < 4.78 is 80.9. The first-order chi connectivity index (χ1) is 34.0. The minimum atomic E-state index is -1.01. The Morgan fingerprint density at radius 2 is 0.973 bits per heavy atom. The van der Waals surface area contributed by atoms with E-state index in [1.807, 2.05) is 59.1 Å². The standard InChI is InChI=1S/C16H11F2NO.C15H9F2NO2.C10H9NO.C8H18N2.C6H3F2I.Li.H2O/c1-10(20)11-2-5-16-12(8-11)6-7-19(16)13-3-4-14(17)15(18)9-13;16-12-3-2-11(8-13(12)17)18-6-5-9-7-10(15(19)20)1-4-14(9)18;1-7(12)8-2-3-10-9(6-8)4-5-11-10;1-9-7-5-3-4-6-8(7)10-2;7-5-2-1-4(9)3-6(5)8;;/h2-9H,1H3;1-8H,(H,19,20);2-6,11H,1H3;7-10H,3-6H2,1-2H3;1-3H;;1H2/q;;;;;+1;/p-1/t;;;7-,8?;;;/m...1.../s1. The third-order valence-corrected chi connectivity index (χ3v) is 12.4. The Balaban J connectivity index is 0.000000204. The minimum Gasteiger partial charge on any atom is -0.870 e. The maximum absolute atomic E-state index is 13.3. The Morgan fingerprint density at radius 3 is 1.40 bits per heavy atom. The summed E-state index contributed by atoms with van der Waals surface area (Å²) in [6.07, 6.45) is 10.8. The van der Waals surface area contributed by atoms with Gasteiger partial charge in [0.25, 0.3) is 0 Å². The molecule has 10 nitrogen and oxygen atoms in total. The van der Waals surface area contributed by atoms with Gasteiger partial charge in [-0.3, -0.25) is 9.59 Å². The fourth-order valence-corrected chi connectivity index (χ4v) is 8.38. The monoisotopic (exact) mass is 1110 g/mol. The molecule has 18 heteroatoms. The second-order valence-corrected chi connectivity index (χ2v) is 17.7. The molecule has 5 N–H and O–H groups in total. The van der Waals surface area contributed by atoms with Crippen molar-refractivity contribution in [3.05, 3.63) is 201 Å². The van der Waals surface area contributed by atoms with Crippen LogP contribution in [0.2, 0.25) is 0 Å². The average Bonchev–Trinajstić information content (AvgIpc) is 4.14. The summed E-state index contributed by atoms with van der Waals surface area (Å²) in [6, 6.07) is 33.7. The van der Waals surface area contributed by atoms with E-state index in [4.69, 9.17) is 5.11 Å². The molecule has 10 rings (SSSR count). The van der Waals surface area contributed by atoms with E-state index in [9.17, 15) is 40.7 Å². The summed E-state index contributed by atoms with van der Waals surface area (Å²) >= 11 is 1.92. The number of likely N-dealkylation sites (N-methyl/N-ethyl adjacent to an activating group) is 2. The van der Waals surface area contributed by atoms with E-state index in [1.165, 1.54) is 62.9 Å². The van der Waals surface area contributed by atoms with Crippen LogP contribution in [0.3, 0.4) is 0 Å². The number of halogens is 7. The number of carbonyl (C=O) groups is 3. The van der Waals surface area contributed by atoms with Gasteiger partial charge in [0, 0.05) is 90.6 Å². The van der Waals surface area contributed by atoms with E-state index in [2.05, 4.69) is 29.7 Å². The number of fused-ring (bicyclic) bond motifs is 3. The van der Waals surface area contributed by atoms with Crippen molar-refractivity contribution in [1.82, 2.24) is 24.8 Å². The molecule has 0 saturated heterocycles. The Kier molecular flexibility index (Phi) is 22.3. The van der Waals surface area contributed by atoms with Gasteiger partial charge in [-0.1, -0.05) is 12.8 Å². The SMILES string of the molecule is CC(=O)c1ccc2[nH]ccc2c1.CC(=O)c1ccc2c(ccn2-c2ccc(F)c(F)c2)c1.CNC1CCCC[C@H]1NC.Fc1ccc(I)cc1F.O=C(O)c1ccc2c(ccn2-c2ccc(F)c(F)c2)c1.[Li+].[OH-]. The van der Waals surface area contributed by atoms with Crippen molar-refractivity contribution in [2.75, 3.05) is 14.1 Å². The molecule has 2 atom stereocenters. The maximum Gasteiger partial charge on any atom is 1.00 e. The molecule has 73 heavy (non-hydrogen) atoms. The van der Waals surface area contributed by atoms with Crippen molar-refractivity contribution in [3.63, 3.8) is 0 Å². The number of hydrogen-bond acceptors (Lipinski definition) is 6. The van der Waals surface area contributed by atoms with Crippen LogP contribution in [0.25, 0.3) is 44.1 Å². The normalized spacial score (nSPS) is 13.6. The summed E-state index contributed by atoms with van der Waals surface area (Å²) in [5.41, 5.74) is 5.21. The van der Waals surface area contributed by atoms with Crippen LogP contribution in [0, 0.1) is 38.5 Å². The molecule has 1 unspecified atom stereocenters. The van der Waals surface area contributed by atoms with E-state index >= 15 is 0 Å². The van der Waals surface area contributed by atoms with Crippen molar-refractivity contribution in [3.8, 4) is 11.4 Å². The van der Waals surface area contributed by atoms with Crippen molar-refractivity contribution in [2.24, 2.45) is 0 Å². The molecule has 1 aliphatic carbocycles. The first-order valence-corrected chi connectivity index (χ1v) is 23.5. The van der Waals surface area contributed by atoms with Crippen LogP contribution >= 0.6 is 22.6 Å². The number of benzene rings is 6. The molecule has 0 radical (unpaired) electrons. The topological polar surface area (TPSA) is 151 Å².